The van der Waals surface area contributed by atoms with Gasteiger partial charge in [0.2, 0.25) is 0 Å². The number of nitrogens with one attached hydrogen (secondary N) is 1. The molecule has 1 N–H and O–H groups in total. The fraction of sp³-hybridized carbons (Fsp3) is 0.533. The molecule has 0 saturated carbocycles. The van der Waals surface area contributed by atoms with E-state index in [-0.39, 0.29) is 0 Å². The molecular formula is C15H24N6. The van der Waals surface area contributed by atoms with Crippen LogP contribution in [0.25, 0.3) is 0 Å². The number of hydrogen-bond donors (Lipinski definition) is 1. The quantitative estimate of drug-likeness (QED) is 0.883. The molecule has 0 aromatic carbocycles. The first-order valence-corrected chi connectivity index (χ1v) is 7.29. The van der Waals surface area contributed by atoms with E-state index in [2.05, 4.69) is 39.0 Å². The van der Waals surface area contributed by atoms with Gasteiger partial charge in [0.25, 0.3) is 0 Å². The number of anilines is 2. The standard InChI is InChI=1S/C15H24N6/c1-6-7-17-14-11(2)15(19-12(3)18-14)21(5)10-13-16-8-9-20(13)4/h8-9H,6-7,10H2,1-5H3,(H,17,18,19). The zero-order valence-electron chi connectivity index (χ0n) is 13.5. The summed E-state index contributed by atoms with van der Waals surface area (Å²) in [6, 6.07) is 0. The van der Waals surface area contributed by atoms with Gasteiger partial charge in [-0.05, 0) is 20.3 Å². The molecule has 2 aromatic rings. The minimum absolute atomic E-state index is 0.716. The number of hydrogen-bond acceptors (Lipinski definition) is 5. The molecule has 2 aromatic heterocycles. The zero-order chi connectivity index (χ0) is 15.4. The van der Waals surface area contributed by atoms with Crippen LogP contribution in [0.15, 0.2) is 12.4 Å². The van der Waals surface area contributed by atoms with E-state index in [0.717, 1.165) is 41.8 Å². The minimum Gasteiger partial charge on any atom is -0.370 e. The Morgan fingerprint density at radius 1 is 1.29 bits per heavy atom. The van der Waals surface area contributed by atoms with Crippen molar-refractivity contribution in [3.8, 4) is 0 Å². The molecule has 0 amide bonds. The van der Waals surface area contributed by atoms with Crippen molar-refractivity contribution < 1.29 is 0 Å². The monoisotopic (exact) mass is 288 g/mol. The Bertz CT molecular complexity index is 604. The smallest absolute Gasteiger partial charge is 0.137 e. The second-order valence-corrected chi connectivity index (χ2v) is 5.31. The molecule has 0 fully saturated rings. The fourth-order valence-corrected chi connectivity index (χ4v) is 2.24. The highest BCUT2D eigenvalue weighted by molar-refractivity contribution is 5.58. The van der Waals surface area contributed by atoms with E-state index in [0.29, 0.717) is 6.54 Å². The van der Waals surface area contributed by atoms with Crippen LogP contribution in [0.2, 0.25) is 0 Å². The van der Waals surface area contributed by atoms with Crippen molar-refractivity contribution in [3.05, 3.63) is 29.6 Å². The van der Waals surface area contributed by atoms with Crippen molar-refractivity contribution in [2.45, 2.75) is 33.7 Å². The molecule has 0 aliphatic rings. The van der Waals surface area contributed by atoms with Crippen molar-refractivity contribution in [2.75, 3.05) is 23.8 Å². The molecule has 0 atom stereocenters. The highest BCUT2D eigenvalue weighted by Gasteiger charge is 2.14. The predicted molar refractivity (Wildman–Crippen MR) is 85.6 cm³/mol. The molecule has 0 unspecified atom stereocenters. The first-order valence-electron chi connectivity index (χ1n) is 7.29. The molecule has 2 heterocycles. The fourth-order valence-electron chi connectivity index (χ4n) is 2.24. The summed E-state index contributed by atoms with van der Waals surface area (Å²) in [7, 11) is 4.04. The number of aromatic nitrogens is 4. The van der Waals surface area contributed by atoms with Crippen molar-refractivity contribution in [3.63, 3.8) is 0 Å². The lowest BCUT2D eigenvalue weighted by molar-refractivity contribution is 0.750. The van der Waals surface area contributed by atoms with E-state index in [9.17, 15) is 0 Å². The van der Waals surface area contributed by atoms with Crippen LogP contribution in [0.5, 0.6) is 0 Å². The van der Waals surface area contributed by atoms with Gasteiger partial charge >= 0.3 is 0 Å². The van der Waals surface area contributed by atoms with E-state index in [4.69, 9.17) is 0 Å². The summed E-state index contributed by atoms with van der Waals surface area (Å²) >= 11 is 0. The summed E-state index contributed by atoms with van der Waals surface area (Å²) in [6.07, 6.45) is 4.84. The maximum absolute atomic E-state index is 4.59. The van der Waals surface area contributed by atoms with Gasteiger partial charge in [-0.3, -0.25) is 0 Å². The van der Waals surface area contributed by atoms with Crippen LogP contribution >= 0.6 is 0 Å². The lowest BCUT2D eigenvalue weighted by Crippen LogP contribution is -2.22. The number of imidazole rings is 1. The van der Waals surface area contributed by atoms with Crippen molar-refractivity contribution in [1.82, 2.24) is 19.5 Å². The van der Waals surface area contributed by atoms with Gasteiger partial charge in [0.15, 0.2) is 0 Å². The van der Waals surface area contributed by atoms with Gasteiger partial charge in [0, 0.05) is 38.6 Å². The summed E-state index contributed by atoms with van der Waals surface area (Å²) in [6.45, 7) is 7.76. The highest BCUT2D eigenvalue weighted by Crippen LogP contribution is 2.23. The Hall–Kier alpha value is -2.11. The van der Waals surface area contributed by atoms with E-state index in [1.165, 1.54) is 0 Å². The van der Waals surface area contributed by atoms with Gasteiger partial charge in [-0.1, -0.05) is 6.92 Å². The Labute approximate surface area is 126 Å². The maximum Gasteiger partial charge on any atom is 0.137 e. The van der Waals surface area contributed by atoms with Crippen molar-refractivity contribution >= 4 is 11.6 Å². The Morgan fingerprint density at radius 2 is 2.05 bits per heavy atom. The average Bonchev–Trinajstić information content (AvgIpc) is 2.84. The molecule has 0 radical (unpaired) electrons. The van der Waals surface area contributed by atoms with Crippen LogP contribution in [-0.4, -0.2) is 33.1 Å². The second-order valence-electron chi connectivity index (χ2n) is 5.31. The van der Waals surface area contributed by atoms with Gasteiger partial charge < -0.3 is 14.8 Å². The third kappa shape index (κ3) is 3.51. The molecule has 0 aliphatic carbocycles. The maximum atomic E-state index is 4.59. The van der Waals surface area contributed by atoms with Crippen LogP contribution in [0.4, 0.5) is 11.6 Å². The number of rotatable bonds is 6. The number of nitrogens with zero attached hydrogens (tertiary/aromatic N) is 5. The van der Waals surface area contributed by atoms with E-state index >= 15 is 0 Å². The van der Waals surface area contributed by atoms with Gasteiger partial charge in [0.05, 0.1) is 6.54 Å². The third-order valence-electron chi connectivity index (χ3n) is 3.44. The molecule has 114 valence electrons. The van der Waals surface area contributed by atoms with Gasteiger partial charge in [0.1, 0.15) is 23.3 Å². The summed E-state index contributed by atoms with van der Waals surface area (Å²) in [5.41, 5.74) is 1.07. The first-order chi connectivity index (χ1) is 10.0. The Kier molecular flexibility index (Phi) is 4.77. The molecule has 6 heteroatoms. The van der Waals surface area contributed by atoms with Crippen LogP contribution < -0.4 is 10.2 Å². The Balaban J connectivity index is 2.25. The Morgan fingerprint density at radius 3 is 2.67 bits per heavy atom. The molecule has 2 rings (SSSR count). The summed E-state index contributed by atoms with van der Waals surface area (Å²) < 4.78 is 2.02. The second kappa shape index (κ2) is 6.56. The normalized spacial score (nSPS) is 10.7. The van der Waals surface area contributed by atoms with E-state index in [1.54, 1.807) is 0 Å². The van der Waals surface area contributed by atoms with Crippen molar-refractivity contribution in [2.24, 2.45) is 7.05 Å². The van der Waals surface area contributed by atoms with E-state index in [1.807, 2.05) is 38.0 Å². The molecule has 0 bridgehead atoms. The summed E-state index contributed by atoms with van der Waals surface area (Å²) in [5.74, 6) is 3.66. The first kappa shape index (κ1) is 15.3. The molecule has 0 spiro atoms. The SMILES string of the molecule is CCCNc1nc(C)nc(N(C)Cc2nccn2C)c1C. The predicted octanol–water partition coefficient (Wildman–Crippen LogP) is 2.29. The largest absolute Gasteiger partial charge is 0.370 e. The molecule has 0 aliphatic heterocycles. The molecular weight excluding hydrogens is 264 g/mol. The van der Waals surface area contributed by atoms with E-state index < -0.39 is 0 Å². The third-order valence-corrected chi connectivity index (χ3v) is 3.44. The summed E-state index contributed by atoms with van der Waals surface area (Å²) in [4.78, 5) is 15.6. The number of aryl methyl sites for hydroxylation is 2. The summed E-state index contributed by atoms with van der Waals surface area (Å²) in [5, 5.41) is 3.37. The van der Waals surface area contributed by atoms with Crippen molar-refractivity contribution in [1.29, 1.82) is 0 Å². The average molecular weight is 288 g/mol. The van der Waals surface area contributed by atoms with Gasteiger partial charge in [-0.2, -0.15) is 0 Å². The molecule has 6 nitrogen and oxygen atoms in total. The van der Waals surface area contributed by atoms with Crippen LogP contribution in [0.1, 0.15) is 30.6 Å². The zero-order valence-corrected chi connectivity index (χ0v) is 13.5. The van der Waals surface area contributed by atoms with Gasteiger partial charge in [-0.15, -0.1) is 0 Å². The van der Waals surface area contributed by atoms with Crippen LogP contribution in [0.3, 0.4) is 0 Å². The highest BCUT2D eigenvalue weighted by atomic mass is 15.2. The lowest BCUT2D eigenvalue weighted by Gasteiger charge is -2.22. The topological polar surface area (TPSA) is 58.9 Å². The lowest BCUT2D eigenvalue weighted by atomic mass is 10.2. The minimum atomic E-state index is 0.716. The van der Waals surface area contributed by atoms with Crippen LogP contribution in [0, 0.1) is 13.8 Å². The van der Waals surface area contributed by atoms with Gasteiger partial charge in [-0.25, -0.2) is 15.0 Å². The molecule has 0 saturated heterocycles. The van der Waals surface area contributed by atoms with Crippen LogP contribution in [-0.2, 0) is 13.6 Å². The molecule has 21 heavy (non-hydrogen) atoms.